The monoisotopic (exact) mass is 307 g/mol. The van der Waals surface area contributed by atoms with Crippen molar-refractivity contribution in [2.24, 2.45) is 0 Å². The summed E-state index contributed by atoms with van der Waals surface area (Å²) >= 11 is 7.88. The van der Waals surface area contributed by atoms with E-state index in [1.165, 1.54) is 18.6 Å². The summed E-state index contributed by atoms with van der Waals surface area (Å²) in [6.07, 6.45) is 5.71. The van der Waals surface area contributed by atoms with Gasteiger partial charge < -0.3 is 4.57 Å². The van der Waals surface area contributed by atoms with Gasteiger partial charge in [-0.1, -0.05) is 12.5 Å². The standard InChI is InChI=1S/C15H18ClN3S/c1-20-9-4-2-3-8-19-13-7-5-6-12(11-17)15(13)18-14(19)10-16/h5-7H,2-4,8-10H2,1H3. The molecule has 1 heterocycles. The molecule has 5 heteroatoms. The Morgan fingerprint density at radius 3 is 2.90 bits per heavy atom. The number of alkyl halides is 1. The molecule has 0 amide bonds. The Morgan fingerprint density at radius 2 is 2.20 bits per heavy atom. The van der Waals surface area contributed by atoms with Crippen LogP contribution < -0.4 is 0 Å². The molecule has 0 atom stereocenters. The second-order valence-electron chi connectivity index (χ2n) is 4.65. The average molecular weight is 308 g/mol. The van der Waals surface area contributed by atoms with Gasteiger partial charge in [0.25, 0.3) is 0 Å². The summed E-state index contributed by atoms with van der Waals surface area (Å²) in [4.78, 5) is 4.52. The number of imidazole rings is 1. The number of aryl methyl sites for hydroxylation is 1. The zero-order chi connectivity index (χ0) is 14.4. The van der Waals surface area contributed by atoms with E-state index in [1.807, 2.05) is 23.9 Å². The molecule has 106 valence electrons. The van der Waals surface area contributed by atoms with Crippen molar-refractivity contribution < 1.29 is 0 Å². The predicted octanol–water partition coefficient (Wildman–Crippen LogP) is 4.18. The molecule has 0 aliphatic rings. The molecule has 0 aliphatic carbocycles. The lowest BCUT2D eigenvalue weighted by Crippen LogP contribution is -2.02. The maximum atomic E-state index is 9.15. The maximum Gasteiger partial charge on any atom is 0.124 e. The summed E-state index contributed by atoms with van der Waals surface area (Å²) < 4.78 is 2.16. The predicted molar refractivity (Wildman–Crippen MR) is 86.2 cm³/mol. The van der Waals surface area contributed by atoms with E-state index in [4.69, 9.17) is 16.9 Å². The molecule has 20 heavy (non-hydrogen) atoms. The topological polar surface area (TPSA) is 41.6 Å². The van der Waals surface area contributed by atoms with Crippen molar-refractivity contribution in [2.75, 3.05) is 12.0 Å². The molecule has 0 unspecified atom stereocenters. The van der Waals surface area contributed by atoms with Crippen molar-refractivity contribution in [2.45, 2.75) is 31.7 Å². The molecule has 0 bridgehead atoms. The van der Waals surface area contributed by atoms with Gasteiger partial charge in [-0.15, -0.1) is 11.6 Å². The van der Waals surface area contributed by atoms with Gasteiger partial charge in [0.2, 0.25) is 0 Å². The first-order valence-electron chi connectivity index (χ1n) is 6.75. The Morgan fingerprint density at radius 1 is 1.35 bits per heavy atom. The SMILES string of the molecule is CSCCCCCn1c(CCl)nc2c(C#N)cccc21. The third-order valence-corrected chi connectivity index (χ3v) is 4.26. The minimum absolute atomic E-state index is 0.379. The molecule has 0 saturated carbocycles. The average Bonchev–Trinajstić information content (AvgIpc) is 2.85. The van der Waals surface area contributed by atoms with Crippen molar-refractivity contribution in [3.63, 3.8) is 0 Å². The summed E-state index contributed by atoms with van der Waals surface area (Å²) in [5, 5.41) is 9.15. The molecular formula is C15H18ClN3S. The first-order valence-corrected chi connectivity index (χ1v) is 8.67. The van der Waals surface area contributed by atoms with E-state index < -0.39 is 0 Å². The number of halogens is 1. The fraction of sp³-hybridized carbons (Fsp3) is 0.467. The third-order valence-electron chi connectivity index (χ3n) is 3.33. The highest BCUT2D eigenvalue weighted by Crippen LogP contribution is 2.21. The number of nitriles is 1. The van der Waals surface area contributed by atoms with E-state index >= 15 is 0 Å². The second kappa shape index (κ2) is 7.56. The number of hydrogen-bond donors (Lipinski definition) is 0. The van der Waals surface area contributed by atoms with Crippen LogP contribution in [0.25, 0.3) is 11.0 Å². The molecule has 0 saturated heterocycles. The molecule has 3 nitrogen and oxygen atoms in total. The largest absolute Gasteiger partial charge is 0.327 e. The van der Waals surface area contributed by atoms with Crippen LogP contribution in [0.2, 0.25) is 0 Å². The van der Waals surface area contributed by atoms with Gasteiger partial charge in [0.15, 0.2) is 0 Å². The fourth-order valence-electron chi connectivity index (χ4n) is 2.33. The highest BCUT2D eigenvalue weighted by atomic mass is 35.5. The lowest BCUT2D eigenvalue weighted by molar-refractivity contribution is 0.602. The summed E-state index contributed by atoms with van der Waals surface area (Å²) in [5.41, 5.74) is 2.41. The highest BCUT2D eigenvalue weighted by molar-refractivity contribution is 7.98. The van der Waals surface area contributed by atoms with E-state index in [1.54, 1.807) is 6.07 Å². The molecule has 0 fully saturated rings. The summed E-state index contributed by atoms with van der Waals surface area (Å²) in [6.45, 7) is 0.918. The van der Waals surface area contributed by atoms with E-state index in [2.05, 4.69) is 21.9 Å². The van der Waals surface area contributed by atoms with Gasteiger partial charge in [-0.3, -0.25) is 0 Å². The third kappa shape index (κ3) is 3.28. The molecule has 1 aromatic heterocycles. The molecule has 0 aliphatic heterocycles. The molecule has 2 rings (SSSR count). The number of unbranched alkanes of at least 4 members (excludes halogenated alkanes) is 2. The van der Waals surface area contributed by atoms with Crippen LogP contribution in [0.5, 0.6) is 0 Å². The van der Waals surface area contributed by atoms with Gasteiger partial charge >= 0.3 is 0 Å². The number of para-hydroxylation sites is 1. The van der Waals surface area contributed by atoms with Crippen molar-refractivity contribution in [3.05, 3.63) is 29.6 Å². The Bertz CT molecular complexity index is 615. The van der Waals surface area contributed by atoms with E-state index in [0.29, 0.717) is 11.4 Å². The number of rotatable bonds is 7. The van der Waals surface area contributed by atoms with Gasteiger partial charge in [-0.2, -0.15) is 17.0 Å². The Kier molecular flexibility index (Phi) is 5.75. The first-order chi connectivity index (χ1) is 9.81. The number of aromatic nitrogens is 2. The normalized spacial score (nSPS) is 10.8. The molecule has 2 aromatic rings. The fourth-order valence-corrected chi connectivity index (χ4v) is 3.03. The smallest absolute Gasteiger partial charge is 0.124 e. The molecule has 0 radical (unpaired) electrons. The second-order valence-corrected chi connectivity index (χ2v) is 5.90. The molecule has 1 aromatic carbocycles. The zero-order valence-electron chi connectivity index (χ0n) is 11.6. The first kappa shape index (κ1) is 15.2. The van der Waals surface area contributed by atoms with Crippen molar-refractivity contribution in [1.29, 1.82) is 5.26 Å². The minimum atomic E-state index is 0.379. The van der Waals surface area contributed by atoms with Gasteiger partial charge in [0, 0.05) is 6.54 Å². The van der Waals surface area contributed by atoms with E-state index in [0.717, 1.165) is 29.8 Å². The maximum absolute atomic E-state index is 9.15. The van der Waals surface area contributed by atoms with Crippen LogP contribution in [0.3, 0.4) is 0 Å². The van der Waals surface area contributed by atoms with Crippen LogP contribution in [0.15, 0.2) is 18.2 Å². The van der Waals surface area contributed by atoms with Gasteiger partial charge in [-0.25, -0.2) is 4.98 Å². The van der Waals surface area contributed by atoms with E-state index in [9.17, 15) is 0 Å². The number of nitrogens with zero attached hydrogens (tertiary/aromatic N) is 3. The Hall–Kier alpha value is -1.18. The minimum Gasteiger partial charge on any atom is -0.327 e. The van der Waals surface area contributed by atoms with Crippen LogP contribution in [-0.2, 0) is 12.4 Å². The highest BCUT2D eigenvalue weighted by Gasteiger charge is 2.12. The van der Waals surface area contributed by atoms with Crippen LogP contribution in [0, 0.1) is 11.3 Å². The van der Waals surface area contributed by atoms with E-state index in [-0.39, 0.29) is 0 Å². The van der Waals surface area contributed by atoms with Gasteiger partial charge in [0.05, 0.1) is 17.0 Å². The quantitative estimate of drug-likeness (QED) is 0.569. The Balaban J connectivity index is 2.21. The number of fused-ring (bicyclic) bond motifs is 1. The summed E-state index contributed by atoms with van der Waals surface area (Å²) in [6, 6.07) is 7.92. The molecule has 0 N–H and O–H groups in total. The molecule has 0 spiro atoms. The van der Waals surface area contributed by atoms with Crippen LogP contribution >= 0.6 is 23.4 Å². The lowest BCUT2D eigenvalue weighted by atomic mass is 10.2. The van der Waals surface area contributed by atoms with Gasteiger partial charge in [0.1, 0.15) is 17.4 Å². The number of benzene rings is 1. The lowest BCUT2D eigenvalue weighted by Gasteiger charge is -2.07. The van der Waals surface area contributed by atoms with Gasteiger partial charge in [-0.05, 0) is 37.0 Å². The van der Waals surface area contributed by atoms with Crippen molar-refractivity contribution in [3.8, 4) is 6.07 Å². The zero-order valence-corrected chi connectivity index (χ0v) is 13.2. The summed E-state index contributed by atoms with van der Waals surface area (Å²) in [5.74, 6) is 2.45. The van der Waals surface area contributed by atoms with Crippen molar-refractivity contribution in [1.82, 2.24) is 9.55 Å². The van der Waals surface area contributed by atoms with Crippen LogP contribution in [-0.4, -0.2) is 21.6 Å². The van der Waals surface area contributed by atoms with Crippen molar-refractivity contribution >= 4 is 34.4 Å². The number of thioether (sulfide) groups is 1. The number of hydrogen-bond acceptors (Lipinski definition) is 3. The summed E-state index contributed by atoms with van der Waals surface area (Å²) in [7, 11) is 0. The van der Waals surface area contributed by atoms with Crippen LogP contribution in [0.4, 0.5) is 0 Å². The molecular weight excluding hydrogens is 290 g/mol. The van der Waals surface area contributed by atoms with Crippen LogP contribution in [0.1, 0.15) is 30.7 Å². The Labute approximate surface area is 128 Å².